The zero-order chi connectivity index (χ0) is 16.7. The maximum Gasteiger partial charge on any atom is 0.413 e. The van der Waals surface area contributed by atoms with E-state index in [9.17, 15) is 14.4 Å². The molecule has 0 aromatic rings. The number of hydrogen-bond acceptors (Lipinski definition) is 4. The lowest BCUT2D eigenvalue weighted by Gasteiger charge is -2.39. The summed E-state index contributed by atoms with van der Waals surface area (Å²) in [4.78, 5) is 39.4. The molecule has 0 radical (unpaired) electrons. The second kappa shape index (κ2) is 5.31. The third-order valence-corrected chi connectivity index (χ3v) is 3.25. The Kier molecular flexibility index (Phi) is 4.42. The van der Waals surface area contributed by atoms with Crippen LogP contribution in [0.25, 0.3) is 0 Å². The first-order valence-electron chi connectivity index (χ1n) is 7.06. The highest BCUT2D eigenvalue weighted by Gasteiger charge is 2.54. The molecule has 120 valence electrons. The Hall–Kier alpha value is -1.59. The molecule has 0 spiro atoms. The van der Waals surface area contributed by atoms with E-state index in [1.54, 1.807) is 27.8 Å². The summed E-state index contributed by atoms with van der Waals surface area (Å²) in [5.41, 5.74) is -1.09. The van der Waals surface area contributed by atoms with Crippen LogP contribution < -0.4 is 0 Å². The number of rotatable bonds is 1. The molecule has 0 saturated carbocycles. The second-order valence-corrected chi connectivity index (χ2v) is 7.59. The molecule has 1 saturated heterocycles. The minimum absolute atomic E-state index is 0.357. The van der Waals surface area contributed by atoms with Crippen molar-refractivity contribution in [3.63, 3.8) is 0 Å². The molecule has 6 nitrogen and oxygen atoms in total. The van der Waals surface area contributed by atoms with Crippen LogP contribution in [-0.4, -0.2) is 52.4 Å². The average molecular weight is 298 g/mol. The third-order valence-electron chi connectivity index (χ3n) is 3.25. The van der Waals surface area contributed by atoms with Gasteiger partial charge in [-0.15, -0.1) is 0 Å². The van der Waals surface area contributed by atoms with Crippen molar-refractivity contribution in [2.24, 2.45) is 5.41 Å². The van der Waals surface area contributed by atoms with Crippen LogP contribution in [-0.2, 0) is 14.3 Å². The minimum atomic E-state index is -1.10. The van der Waals surface area contributed by atoms with E-state index in [0.717, 1.165) is 0 Å². The molecule has 1 heterocycles. The van der Waals surface area contributed by atoms with Gasteiger partial charge in [0, 0.05) is 12.5 Å². The molecule has 0 unspecified atom stereocenters. The smallest absolute Gasteiger partial charge is 0.413 e. The van der Waals surface area contributed by atoms with Crippen LogP contribution in [0, 0.1) is 5.41 Å². The molecule has 21 heavy (non-hydrogen) atoms. The van der Waals surface area contributed by atoms with Gasteiger partial charge in [-0.25, -0.2) is 4.79 Å². The first kappa shape index (κ1) is 17.5. The molecule has 2 amide bonds. The van der Waals surface area contributed by atoms with Gasteiger partial charge in [0.2, 0.25) is 0 Å². The van der Waals surface area contributed by atoms with Crippen molar-refractivity contribution in [1.29, 1.82) is 0 Å². The van der Waals surface area contributed by atoms with Gasteiger partial charge in [0.25, 0.3) is 5.91 Å². The predicted octanol–water partition coefficient (Wildman–Crippen LogP) is 2.03. The van der Waals surface area contributed by atoms with E-state index in [2.05, 4.69) is 0 Å². The zero-order valence-corrected chi connectivity index (χ0v) is 14.2. The standard InChI is InChI=1S/C15H26N2O4/c1-9(18)10-11(19)16(8)12(14(2,3)4)17(10)13(20)21-15(5,6)7/h10,12H,1-8H3/t10-,12-/m0/s1. The van der Waals surface area contributed by atoms with Gasteiger partial charge >= 0.3 is 6.09 Å². The Balaban J connectivity index is 3.27. The molecule has 0 bridgehead atoms. The van der Waals surface area contributed by atoms with E-state index in [4.69, 9.17) is 4.74 Å². The Bertz CT molecular complexity index is 459. The number of amides is 2. The van der Waals surface area contributed by atoms with Crippen molar-refractivity contribution in [2.45, 2.75) is 66.3 Å². The van der Waals surface area contributed by atoms with Crippen LogP contribution in [0.2, 0.25) is 0 Å². The summed E-state index contributed by atoms with van der Waals surface area (Å²) in [6.45, 7) is 12.3. The largest absolute Gasteiger partial charge is 0.444 e. The number of carbonyl (C=O) groups is 3. The van der Waals surface area contributed by atoms with Crippen molar-refractivity contribution >= 4 is 17.8 Å². The van der Waals surface area contributed by atoms with Crippen LogP contribution >= 0.6 is 0 Å². The van der Waals surface area contributed by atoms with E-state index in [0.29, 0.717) is 0 Å². The monoisotopic (exact) mass is 298 g/mol. The summed E-state index contributed by atoms with van der Waals surface area (Å²) >= 11 is 0. The van der Waals surface area contributed by atoms with Gasteiger partial charge in [-0.1, -0.05) is 20.8 Å². The van der Waals surface area contributed by atoms with E-state index in [-0.39, 0.29) is 11.7 Å². The normalized spacial score (nSPS) is 23.5. The van der Waals surface area contributed by atoms with Crippen LogP contribution in [0.3, 0.4) is 0 Å². The van der Waals surface area contributed by atoms with Crippen LogP contribution in [0.15, 0.2) is 0 Å². The van der Waals surface area contributed by atoms with Crippen LogP contribution in [0.1, 0.15) is 48.5 Å². The van der Waals surface area contributed by atoms with Crippen molar-refractivity contribution in [3.8, 4) is 0 Å². The summed E-state index contributed by atoms with van der Waals surface area (Å²) in [6.07, 6.45) is -1.16. The van der Waals surface area contributed by atoms with E-state index in [1.165, 1.54) is 16.7 Å². The first-order chi connectivity index (χ1) is 9.27. The Labute approximate surface area is 126 Å². The average Bonchev–Trinajstić information content (AvgIpc) is 2.48. The van der Waals surface area contributed by atoms with Crippen LogP contribution in [0.4, 0.5) is 4.79 Å². The highest BCUT2D eigenvalue weighted by Crippen LogP contribution is 2.35. The maximum atomic E-state index is 12.5. The second-order valence-electron chi connectivity index (χ2n) is 7.59. The van der Waals surface area contributed by atoms with Gasteiger partial charge in [0.1, 0.15) is 11.8 Å². The minimum Gasteiger partial charge on any atom is -0.444 e. The quantitative estimate of drug-likeness (QED) is 0.695. The van der Waals surface area contributed by atoms with Gasteiger partial charge in [-0.05, 0) is 27.7 Å². The molecule has 1 aliphatic heterocycles. The van der Waals surface area contributed by atoms with Gasteiger partial charge in [0.05, 0.1) is 0 Å². The molecule has 6 heteroatoms. The number of ketones is 1. The Morgan fingerprint density at radius 2 is 1.57 bits per heavy atom. The molecule has 1 aliphatic rings. The van der Waals surface area contributed by atoms with Gasteiger partial charge < -0.3 is 9.64 Å². The Morgan fingerprint density at radius 3 is 1.90 bits per heavy atom. The van der Waals surface area contributed by atoms with Gasteiger partial charge in [-0.3, -0.25) is 14.5 Å². The number of carbonyl (C=O) groups excluding carboxylic acids is 3. The van der Waals surface area contributed by atoms with Crippen molar-refractivity contribution in [1.82, 2.24) is 9.80 Å². The highest BCUT2D eigenvalue weighted by molar-refractivity contribution is 6.08. The summed E-state index contributed by atoms with van der Waals surface area (Å²) in [7, 11) is 1.61. The topological polar surface area (TPSA) is 66.9 Å². The fourth-order valence-corrected chi connectivity index (χ4v) is 2.65. The molecule has 0 aromatic carbocycles. The van der Waals surface area contributed by atoms with Crippen molar-refractivity contribution in [3.05, 3.63) is 0 Å². The molecule has 0 N–H and O–H groups in total. The summed E-state index contributed by atoms with van der Waals surface area (Å²) in [5.74, 6) is -0.724. The zero-order valence-electron chi connectivity index (χ0n) is 14.2. The third kappa shape index (κ3) is 3.54. The molecular formula is C15H26N2O4. The van der Waals surface area contributed by atoms with Crippen molar-refractivity contribution < 1.29 is 19.1 Å². The lowest BCUT2D eigenvalue weighted by Crippen LogP contribution is -2.53. The lowest BCUT2D eigenvalue weighted by atomic mass is 9.91. The van der Waals surface area contributed by atoms with E-state index >= 15 is 0 Å². The summed E-state index contributed by atoms with van der Waals surface area (Å²) in [6, 6.07) is -1.10. The molecule has 1 fully saturated rings. The molecule has 1 rings (SSSR count). The first-order valence-corrected chi connectivity index (χ1v) is 7.06. The fourth-order valence-electron chi connectivity index (χ4n) is 2.65. The lowest BCUT2D eigenvalue weighted by molar-refractivity contribution is -0.134. The number of nitrogens with zero attached hydrogens (tertiary/aromatic N) is 2. The summed E-state index contributed by atoms with van der Waals surface area (Å²) < 4.78 is 5.38. The number of ether oxygens (including phenoxy) is 1. The predicted molar refractivity (Wildman–Crippen MR) is 78.6 cm³/mol. The van der Waals surface area contributed by atoms with Gasteiger partial charge in [-0.2, -0.15) is 0 Å². The maximum absolute atomic E-state index is 12.5. The SMILES string of the molecule is CC(=O)[C@H]1C(=O)N(C)[C@H](C(C)(C)C)N1C(=O)OC(C)(C)C. The fraction of sp³-hybridized carbons (Fsp3) is 0.800. The van der Waals surface area contributed by atoms with Crippen LogP contribution in [0.5, 0.6) is 0 Å². The molecule has 0 aromatic heterocycles. The van der Waals surface area contributed by atoms with E-state index < -0.39 is 29.3 Å². The van der Waals surface area contributed by atoms with E-state index in [1.807, 2.05) is 20.8 Å². The molecule has 2 atom stereocenters. The molecule has 0 aliphatic carbocycles. The Morgan fingerprint density at radius 1 is 1.10 bits per heavy atom. The number of Topliss-reactive ketones (excluding diaryl/α,β-unsaturated/α-hetero) is 1. The van der Waals surface area contributed by atoms with Gasteiger partial charge in [0.15, 0.2) is 11.8 Å². The molecular weight excluding hydrogens is 272 g/mol. The number of likely N-dealkylation sites (N-methyl/N-ethyl adjacent to an activating group) is 1. The number of hydrogen-bond donors (Lipinski definition) is 0. The van der Waals surface area contributed by atoms with Crippen molar-refractivity contribution in [2.75, 3.05) is 7.05 Å². The summed E-state index contributed by atoms with van der Waals surface area (Å²) in [5, 5.41) is 0. The highest BCUT2D eigenvalue weighted by atomic mass is 16.6.